The summed E-state index contributed by atoms with van der Waals surface area (Å²) in [7, 11) is 0. The highest BCUT2D eigenvalue weighted by Gasteiger charge is 2.07. The minimum Gasteiger partial charge on any atom is -0.481 e. The first-order chi connectivity index (χ1) is 10.5. The quantitative estimate of drug-likeness (QED) is 0.851. The Labute approximate surface area is 128 Å². The SMILES string of the molecule is Cc1cc(C)n(Cc2ccc(C(=O)NCCC(=O)O)cc2)n1. The van der Waals surface area contributed by atoms with Crippen LogP contribution >= 0.6 is 0 Å². The van der Waals surface area contributed by atoms with Crippen LogP contribution in [0.2, 0.25) is 0 Å². The van der Waals surface area contributed by atoms with E-state index in [0.717, 1.165) is 17.0 Å². The van der Waals surface area contributed by atoms with Crippen molar-refractivity contribution in [3.8, 4) is 0 Å². The van der Waals surface area contributed by atoms with Crippen LogP contribution in [0.5, 0.6) is 0 Å². The van der Waals surface area contributed by atoms with Crippen LogP contribution in [0, 0.1) is 13.8 Å². The van der Waals surface area contributed by atoms with E-state index in [1.807, 2.05) is 36.7 Å². The van der Waals surface area contributed by atoms with Crippen LogP contribution < -0.4 is 5.32 Å². The Balaban J connectivity index is 1.96. The molecular formula is C16H19N3O3. The lowest BCUT2D eigenvalue weighted by Crippen LogP contribution is -2.25. The third kappa shape index (κ3) is 4.18. The van der Waals surface area contributed by atoms with E-state index in [1.54, 1.807) is 12.1 Å². The number of aliphatic carboxylic acids is 1. The number of rotatable bonds is 6. The average Bonchev–Trinajstić information content (AvgIpc) is 2.77. The maximum atomic E-state index is 11.8. The van der Waals surface area contributed by atoms with Gasteiger partial charge in [-0.15, -0.1) is 0 Å². The van der Waals surface area contributed by atoms with Gasteiger partial charge in [0.2, 0.25) is 0 Å². The number of carbonyl (C=O) groups excluding carboxylic acids is 1. The summed E-state index contributed by atoms with van der Waals surface area (Å²) in [4.78, 5) is 22.2. The third-order valence-corrected chi connectivity index (χ3v) is 3.28. The minimum atomic E-state index is -0.930. The standard InChI is InChI=1S/C16H19N3O3/c1-11-9-12(2)19(18-11)10-13-3-5-14(6-4-13)16(22)17-8-7-15(20)21/h3-6,9H,7-8,10H2,1-2H3,(H,17,22)(H,20,21). The largest absolute Gasteiger partial charge is 0.481 e. The molecule has 0 unspecified atom stereocenters. The fourth-order valence-electron chi connectivity index (χ4n) is 2.15. The van der Waals surface area contributed by atoms with Gasteiger partial charge in [-0.05, 0) is 37.6 Å². The molecule has 0 radical (unpaired) electrons. The summed E-state index contributed by atoms with van der Waals surface area (Å²) in [6, 6.07) is 9.24. The zero-order valence-electron chi connectivity index (χ0n) is 12.7. The molecule has 2 aromatic rings. The summed E-state index contributed by atoms with van der Waals surface area (Å²) >= 11 is 0. The molecule has 6 nitrogen and oxygen atoms in total. The van der Waals surface area contributed by atoms with Crippen molar-refractivity contribution in [3.63, 3.8) is 0 Å². The Morgan fingerprint density at radius 3 is 2.45 bits per heavy atom. The van der Waals surface area contributed by atoms with Crippen LogP contribution in [-0.4, -0.2) is 33.3 Å². The van der Waals surface area contributed by atoms with Crippen LogP contribution in [-0.2, 0) is 11.3 Å². The Morgan fingerprint density at radius 1 is 1.23 bits per heavy atom. The molecule has 22 heavy (non-hydrogen) atoms. The average molecular weight is 301 g/mol. The van der Waals surface area contributed by atoms with Gasteiger partial charge in [0.25, 0.3) is 5.91 Å². The van der Waals surface area contributed by atoms with Crippen molar-refractivity contribution in [3.05, 3.63) is 52.8 Å². The molecule has 0 saturated carbocycles. The Kier molecular flexibility index (Phi) is 4.93. The molecule has 0 saturated heterocycles. The number of nitrogens with one attached hydrogen (secondary N) is 1. The summed E-state index contributed by atoms with van der Waals surface area (Å²) in [5.41, 5.74) is 3.63. The molecule has 0 atom stereocenters. The van der Waals surface area contributed by atoms with Crippen molar-refractivity contribution in [2.75, 3.05) is 6.54 Å². The second kappa shape index (κ2) is 6.89. The minimum absolute atomic E-state index is 0.0816. The Hall–Kier alpha value is -2.63. The summed E-state index contributed by atoms with van der Waals surface area (Å²) < 4.78 is 1.91. The van der Waals surface area contributed by atoms with E-state index in [1.165, 1.54) is 0 Å². The van der Waals surface area contributed by atoms with Gasteiger partial charge in [0.15, 0.2) is 0 Å². The summed E-state index contributed by atoms with van der Waals surface area (Å²) in [5, 5.41) is 15.5. The number of hydrogen-bond donors (Lipinski definition) is 2. The lowest BCUT2D eigenvalue weighted by molar-refractivity contribution is -0.136. The molecule has 0 bridgehead atoms. The number of amides is 1. The van der Waals surface area contributed by atoms with E-state index >= 15 is 0 Å². The molecule has 1 heterocycles. The molecule has 0 fully saturated rings. The number of nitrogens with zero attached hydrogens (tertiary/aromatic N) is 2. The van der Waals surface area contributed by atoms with Gasteiger partial charge in [-0.25, -0.2) is 0 Å². The molecule has 0 aliphatic rings. The monoisotopic (exact) mass is 301 g/mol. The maximum absolute atomic E-state index is 11.8. The van der Waals surface area contributed by atoms with Gasteiger partial charge >= 0.3 is 5.97 Å². The number of aryl methyl sites for hydroxylation is 2. The third-order valence-electron chi connectivity index (χ3n) is 3.28. The molecule has 2 rings (SSSR count). The van der Waals surface area contributed by atoms with Gasteiger partial charge in [0.1, 0.15) is 0 Å². The van der Waals surface area contributed by atoms with Gasteiger partial charge < -0.3 is 10.4 Å². The first-order valence-electron chi connectivity index (χ1n) is 7.05. The molecule has 6 heteroatoms. The van der Waals surface area contributed by atoms with Gasteiger partial charge in [-0.2, -0.15) is 5.10 Å². The number of carbonyl (C=O) groups is 2. The van der Waals surface area contributed by atoms with Gasteiger partial charge in [-0.3, -0.25) is 14.3 Å². The molecule has 0 aliphatic carbocycles. The van der Waals surface area contributed by atoms with Crippen molar-refractivity contribution >= 4 is 11.9 Å². The van der Waals surface area contributed by atoms with Gasteiger partial charge in [0, 0.05) is 17.8 Å². The fourth-order valence-corrected chi connectivity index (χ4v) is 2.15. The number of hydrogen-bond acceptors (Lipinski definition) is 3. The van der Waals surface area contributed by atoms with Crippen LogP contribution in [0.25, 0.3) is 0 Å². The zero-order chi connectivity index (χ0) is 16.1. The molecular weight excluding hydrogens is 282 g/mol. The molecule has 1 aromatic heterocycles. The predicted octanol–water partition coefficient (Wildman–Crippen LogP) is 1.75. The van der Waals surface area contributed by atoms with Crippen LogP contribution in [0.1, 0.15) is 33.7 Å². The highest BCUT2D eigenvalue weighted by Crippen LogP contribution is 2.09. The number of carboxylic acids is 1. The van der Waals surface area contributed by atoms with Gasteiger partial charge in [0.05, 0.1) is 18.7 Å². The summed E-state index contributed by atoms with van der Waals surface area (Å²) in [5.74, 6) is -1.19. The zero-order valence-corrected chi connectivity index (χ0v) is 12.7. The molecule has 2 N–H and O–H groups in total. The lowest BCUT2D eigenvalue weighted by Gasteiger charge is -2.07. The van der Waals surface area contributed by atoms with Crippen molar-refractivity contribution < 1.29 is 14.7 Å². The molecule has 0 spiro atoms. The maximum Gasteiger partial charge on any atom is 0.305 e. The molecule has 1 aromatic carbocycles. The van der Waals surface area contributed by atoms with Gasteiger partial charge in [-0.1, -0.05) is 12.1 Å². The second-order valence-electron chi connectivity index (χ2n) is 5.18. The topological polar surface area (TPSA) is 84.2 Å². The van der Waals surface area contributed by atoms with E-state index in [-0.39, 0.29) is 18.9 Å². The molecule has 116 valence electrons. The Morgan fingerprint density at radius 2 is 1.91 bits per heavy atom. The fraction of sp³-hybridized carbons (Fsp3) is 0.312. The van der Waals surface area contributed by atoms with E-state index < -0.39 is 5.97 Å². The highest BCUT2D eigenvalue weighted by atomic mass is 16.4. The smallest absolute Gasteiger partial charge is 0.305 e. The van der Waals surface area contributed by atoms with E-state index in [2.05, 4.69) is 10.4 Å². The number of benzene rings is 1. The summed E-state index contributed by atoms with van der Waals surface area (Å²) in [6.45, 7) is 4.74. The normalized spacial score (nSPS) is 10.5. The van der Waals surface area contributed by atoms with Crippen molar-refractivity contribution in [2.45, 2.75) is 26.8 Å². The van der Waals surface area contributed by atoms with Crippen LogP contribution in [0.15, 0.2) is 30.3 Å². The van der Waals surface area contributed by atoms with Crippen molar-refractivity contribution in [1.29, 1.82) is 0 Å². The second-order valence-corrected chi connectivity index (χ2v) is 5.18. The molecule has 1 amide bonds. The van der Waals surface area contributed by atoms with E-state index in [4.69, 9.17) is 5.11 Å². The first kappa shape index (κ1) is 15.8. The van der Waals surface area contributed by atoms with Crippen molar-refractivity contribution in [2.24, 2.45) is 0 Å². The van der Waals surface area contributed by atoms with Crippen molar-refractivity contribution in [1.82, 2.24) is 15.1 Å². The van der Waals surface area contributed by atoms with E-state index in [0.29, 0.717) is 12.1 Å². The first-order valence-corrected chi connectivity index (χ1v) is 7.05. The molecule has 0 aliphatic heterocycles. The summed E-state index contributed by atoms with van der Waals surface area (Å²) in [6.07, 6.45) is -0.0816. The number of carboxylic acid groups (broad SMARTS) is 1. The lowest BCUT2D eigenvalue weighted by atomic mass is 10.1. The predicted molar refractivity (Wildman–Crippen MR) is 81.8 cm³/mol. The van der Waals surface area contributed by atoms with Crippen LogP contribution in [0.4, 0.5) is 0 Å². The Bertz CT molecular complexity index is 674. The number of aromatic nitrogens is 2. The van der Waals surface area contributed by atoms with Crippen LogP contribution in [0.3, 0.4) is 0 Å². The van der Waals surface area contributed by atoms with E-state index in [9.17, 15) is 9.59 Å². The highest BCUT2D eigenvalue weighted by molar-refractivity contribution is 5.94.